The molecule has 1 rings (SSSR count). The average Bonchev–Trinajstić information content (AvgIpc) is 2.22. The van der Waals surface area contributed by atoms with Crippen molar-refractivity contribution in [2.24, 2.45) is 11.3 Å². The Hall–Kier alpha value is -0.0500. The van der Waals surface area contributed by atoms with Crippen molar-refractivity contribution < 1.29 is 0 Å². The highest BCUT2D eigenvalue weighted by Crippen LogP contribution is 2.25. The number of benzene rings is 1. The van der Waals surface area contributed by atoms with Crippen LogP contribution in [-0.2, 0) is 6.54 Å². The molecule has 1 aromatic carbocycles. The molecule has 0 aliphatic heterocycles. The van der Waals surface area contributed by atoms with Gasteiger partial charge in [-0.3, -0.25) is 0 Å². The maximum absolute atomic E-state index is 5.96. The number of hydrogen-bond acceptors (Lipinski definition) is 1. The monoisotopic (exact) mass is 317 g/mol. The third-order valence-corrected chi connectivity index (χ3v) is 4.46. The van der Waals surface area contributed by atoms with Gasteiger partial charge in [0.2, 0.25) is 0 Å². The zero-order valence-electron chi connectivity index (χ0n) is 11.0. The fraction of sp³-hybridized carbons (Fsp3) is 0.571. The van der Waals surface area contributed by atoms with Crippen molar-refractivity contribution in [3.8, 4) is 0 Å². The number of hydrogen-bond donors (Lipinski definition) is 1. The van der Waals surface area contributed by atoms with E-state index >= 15 is 0 Å². The molecule has 0 bridgehead atoms. The van der Waals surface area contributed by atoms with Crippen LogP contribution in [0, 0.1) is 11.3 Å². The topological polar surface area (TPSA) is 12.0 Å². The molecule has 0 aromatic heterocycles. The minimum absolute atomic E-state index is 0.355. The van der Waals surface area contributed by atoms with Gasteiger partial charge in [0.05, 0.1) is 5.02 Å². The van der Waals surface area contributed by atoms with E-state index in [1.807, 2.05) is 6.07 Å². The quantitative estimate of drug-likeness (QED) is 0.834. The average molecular weight is 319 g/mol. The highest BCUT2D eigenvalue weighted by molar-refractivity contribution is 9.10. The summed E-state index contributed by atoms with van der Waals surface area (Å²) in [6.45, 7) is 11.0. The fourth-order valence-corrected chi connectivity index (χ4v) is 1.93. The lowest BCUT2D eigenvalue weighted by Gasteiger charge is -2.27. The summed E-state index contributed by atoms with van der Waals surface area (Å²) in [5, 5.41) is 4.25. The van der Waals surface area contributed by atoms with Crippen molar-refractivity contribution in [3.05, 3.63) is 33.3 Å². The highest BCUT2D eigenvalue weighted by atomic mass is 79.9. The van der Waals surface area contributed by atoms with Crippen LogP contribution < -0.4 is 5.32 Å². The largest absolute Gasteiger partial charge is 0.312 e. The first-order valence-corrected chi connectivity index (χ1v) is 7.12. The summed E-state index contributed by atoms with van der Waals surface area (Å²) in [7, 11) is 0. The first-order valence-electron chi connectivity index (χ1n) is 5.95. The summed E-state index contributed by atoms with van der Waals surface area (Å²) in [6.07, 6.45) is 0. The lowest BCUT2D eigenvalue weighted by atomic mass is 9.82. The predicted molar refractivity (Wildman–Crippen MR) is 79.5 cm³/mol. The second-order valence-corrected chi connectivity index (χ2v) is 6.91. The maximum Gasteiger partial charge on any atom is 0.0548 e. The molecule has 1 unspecified atom stereocenters. The van der Waals surface area contributed by atoms with Gasteiger partial charge in [0.25, 0.3) is 0 Å². The van der Waals surface area contributed by atoms with Gasteiger partial charge in [-0.25, -0.2) is 0 Å². The van der Waals surface area contributed by atoms with Crippen LogP contribution in [0.1, 0.15) is 33.3 Å². The maximum atomic E-state index is 5.96. The zero-order valence-corrected chi connectivity index (χ0v) is 13.3. The highest BCUT2D eigenvalue weighted by Gasteiger charge is 2.19. The zero-order chi connectivity index (χ0) is 13.1. The minimum atomic E-state index is 0.355. The molecular formula is C14H21BrClN. The van der Waals surface area contributed by atoms with E-state index < -0.39 is 0 Å². The first-order chi connectivity index (χ1) is 7.80. The Labute approximate surface area is 118 Å². The van der Waals surface area contributed by atoms with Crippen LogP contribution in [-0.4, -0.2) is 6.54 Å². The number of nitrogens with one attached hydrogen (secondary N) is 1. The van der Waals surface area contributed by atoms with E-state index in [-0.39, 0.29) is 0 Å². The van der Waals surface area contributed by atoms with E-state index in [1.54, 1.807) is 0 Å². The molecule has 3 heteroatoms. The molecule has 0 radical (unpaired) electrons. The Balaban J connectivity index is 2.44. The molecule has 0 amide bonds. The van der Waals surface area contributed by atoms with Gasteiger partial charge in [0.15, 0.2) is 0 Å². The summed E-state index contributed by atoms with van der Waals surface area (Å²) >= 11 is 9.40. The van der Waals surface area contributed by atoms with Crippen LogP contribution in [0.5, 0.6) is 0 Å². The predicted octanol–water partition coefficient (Wildman–Crippen LogP) is 4.87. The lowest BCUT2D eigenvalue weighted by molar-refractivity contribution is 0.252. The minimum Gasteiger partial charge on any atom is -0.312 e. The van der Waals surface area contributed by atoms with Crippen LogP contribution in [0.25, 0.3) is 0 Å². The van der Waals surface area contributed by atoms with Crippen LogP contribution in [0.15, 0.2) is 22.7 Å². The van der Waals surface area contributed by atoms with Crippen molar-refractivity contribution in [2.75, 3.05) is 6.54 Å². The van der Waals surface area contributed by atoms with E-state index in [0.717, 1.165) is 22.6 Å². The van der Waals surface area contributed by atoms with Crippen molar-refractivity contribution in [2.45, 2.75) is 34.2 Å². The summed E-state index contributed by atoms with van der Waals surface area (Å²) in [5.41, 5.74) is 1.61. The Morgan fingerprint density at radius 3 is 2.53 bits per heavy atom. The standard InChI is InChI=1S/C14H21BrClN/c1-10(14(2,3)4)8-17-9-11-5-6-13(16)12(15)7-11/h5-7,10,17H,8-9H2,1-4H3. The Morgan fingerprint density at radius 1 is 1.35 bits per heavy atom. The Morgan fingerprint density at radius 2 is 2.00 bits per heavy atom. The van der Waals surface area contributed by atoms with Gasteiger partial charge in [-0.1, -0.05) is 45.4 Å². The SMILES string of the molecule is CC(CNCc1ccc(Cl)c(Br)c1)C(C)(C)C. The van der Waals surface area contributed by atoms with Crippen LogP contribution >= 0.6 is 27.5 Å². The van der Waals surface area contributed by atoms with Crippen molar-refractivity contribution >= 4 is 27.5 Å². The molecule has 0 aliphatic carbocycles. The Kier molecular flexibility index (Phi) is 5.49. The molecule has 0 saturated carbocycles. The van der Waals surface area contributed by atoms with Crippen LogP contribution in [0.4, 0.5) is 0 Å². The number of rotatable bonds is 4. The smallest absolute Gasteiger partial charge is 0.0548 e. The third kappa shape index (κ3) is 4.99. The van der Waals surface area contributed by atoms with E-state index in [9.17, 15) is 0 Å². The van der Waals surface area contributed by atoms with Crippen LogP contribution in [0.3, 0.4) is 0 Å². The van der Waals surface area contributed by atoms with E-state index in [2.05, 4.69) is 61.1 Å². The van der Waals surface area contributed by atoms with Gasteiger partial charge >= 0.3 is 0 Å². The van der Waals surface area contributed by atoms with Crippen molar-refractivity contribution in [1.82, 2.24) is 5.32 Å². The molecule has 17 heavy (non-hydrogen) atoms. The van der Waals surface area contributed by atoms with Crippen molar-refractivity contribution in [1.29, 1.82) is 0 Å². The van der Waals surface area contributed by atoms with E-state index in [0.29, 0.717) is 11.3 Å². The third-order valence-electron chi connectivity index (χ3n) is 3.24. The van der Waals surface area contributed by atoms with Gasteiger partial charge in [0, 0.05) is 11.0 Å². The molecule has 1 N–H and O–H groups in total. The second-order valence-electron chi connectivity index (χ2n) is 5.65. The second kappa shape index (κ2) is 6.21. The molecule has 1 nitrogen and oxygen atoms in total. The molecule has 1 aromatic rings. The molecule has 0 heterocycles. The van der Waals surface area contributed by atoms with E-state index in [1.165, 1.54) is 5.56 Å². The summed E-state index contributed by atoms with van der Waals surface area (Å²) in [6, 6.07) is 6.05. The molecule has 0 spiro atoms. The first kappa shape index (κ1) is 15.0. The molecule has 1 atom stereocenters. The fourth-order valence-electron chi connectivity index (χ4n) is 1.39. The normalized spacial score (nSPS) is 13.8. The molecule has 0 fully saturated rings. The van der Waals surface area contributed by atoms with Gasteiger partial charge in [-0.2, -0.15) is 0 Å². The summed E-state index contributed by atoms with van der Waals surface area (Å²) in [4.78, 5) is 0. The van der Waals surface area contributed by atoms with Gasteiger partial charge in [-0.15, -0.1) is 0 Å². The van der Waals surface area contributed by atoms with E-state index in [4.69, 9.17) is 11.6 Å². The molecule has 96 valence electrons. The molecule has 0 saturated heterocycles. The van der Waals surface area contributed by atoms with Gasteiger partial charge in [-0.05, 0) is 51.5 Å². The molecule has 0 aliphatic rings. The summed E-state index contributed by atoms with van der Waals surface area (Å²) < 4.78 is 0.960. The number of halogens is 2. The van der Waals surface area contributed by atoms with Crippen molar-refractivity contribution in [3.63, 3.8) is 0 Å². The van der Waals surface area contributed by atoms with Crippen LogP contribution in [0.2, 0.25) is 5.02 Å². The molecular weight excluding hydrogens is 298 g/mol. The van der Waals surface area contributed by atoms with Gasteiger partial charge < -0.3 is 5.32 Å². The lowest BCUT2D eigenvalue weighted by Crippen LogP contribution is -2.29. The Bertz CT molecular complexity index is 371. The van der Waals surface area contributed by atoms with Gasteiger partial charge in [0.1, 0.15) is 0 Å². The summed E-state index contributed by atoms with van der Waals surface area (Å²) in [5.74, 6) is 0.651.